The summed E-state index contributed by atoms with van der Waals surface area (Å²) in [6, 6.07) is 68.9. The zero-order chi connectivity index (χ0) is 36.7. The van der Waals surface area contributed by atoms with Crippen molar-refractivity contribution in [3.05, 3.63) is 199 Å². The number of fused-ring (bicyclic) bond motifs is 8. The second-order valence-electron chi connectivity index (χ2n) is 15.4. The fourth-order valence-corrected chi connectivity index (χ4v) is 9.50. The molecule has 1 aliphatic carbocycles. The van der Waals surface area contributed by atoms with Gasteiger partial charge in [-0.05, 0) is 94.0 Å². The van der Waals surface area contributed by atoms with E-state index in [1.807, 2.05) is 0 Å². The van der Waals surface area contributed by atoms with Crippen molar-refractivity contribution in [1.29, 1.82) is 0 Å². The van der Waals surface area contributed by atoms with Gasteiger partial charge >= 0.3 is 0 Å². The van der Waals surface area contributed by atoms with Crippen molar-refractivity contribution in [2.24, 2.45) is 0 Å². The van der Waals surface area contributed by atoms with Crippen LogP contribution in [0.3, 0.4) is 0 Å². The number of pyridine rings is 1. The fourth-order valence-electron chi connectivity index (χ4n) is 9.50. The van der Waals surface area contributed by atoms with Crippen LogP contribution in [0.15, 0.2) is 188 Å². The van der Waals surface area contributed by atoms with E-state index in [1.165, 1.54) is 98.9 Å². The van der Waals surface area contributed by atoms with Crippen LogP contribution >= 0.6 is 0 Å². The molecular weight excluding hydrogens is 663 g/mol. The van der Waals surface area contributed by atoms with Crippen molar-refractivity contribution < 1.29 is 0 Å². The summed E-state index contributed by atoms with van der Waals surface area (Å²) in [4.78, 5) is 5.40. The molecule has 1 aromatic heterocycles. The van der Waals surface area contributed by atoms with E-state index in [-0.39, 0.29) is 5.41 Å². The molecule has 0 radical (unpaired) electrons. The smallest absolute Gasteiger partial charge is 0.0759 e. The van der Waals surface area contributed by atoms with Gasteiger partial charge in [0.2, 0.25) is 0 Å². The normalized spacial score (nSPS) is 13.1. The lowest BCUT2D eigenvalue weighted by Gasteiger charge is -2.26. The van der Waals surface area contributed by atoms with Crippen LogP contribution in [0.2, 0.25) is 0 Å². The summed E-state index contributed by atoms with van der Waals surface area (Å²) in [5.41, 5.74) is 15.8. The number of rotatable bonds is 4. The third-order valence-electron chi connectivity index (χ3n) is 12.1. The molecule has 55 heavy (non-hydrogen) atoms. The summed E-state index contributed by atoms with van der Waals surface area (Å²) < 4.78 is 0. The van der Waals surface area contributed by atoms with Gasteiger partial charge in [0.15, 0.2) is 0 Å². The molecule has 1 heterocycles. The Hall–Kier alpha value is -6.83. The van der Waals surface area contributed by atoms with Crippen LogP contribution in [0, 0.1) is 0 Å². The Morgan fingerprint density at radius 1 is 0.364 bits per heavy atom. The predicted molar refractivity (Wildman–Crippen MR) is 234 cm³/mol. The van der Waals surface area contributed by atoms with Crippen LogP contribution in [-0.4, -0.2) is 4.98 Å². The minimum atomic E-state index is -0.201. The average Bonchev–Trinajstić information content (AvgIpc) is 3.48. The van der Waals surface area contributed by atoms with Crippen molar-refractivity contribution in [2.45, 2.75) is 19.3 Å². The molecule has 258 valence electrons. The standard InChI is InChI=1S/C54H37N/c1-54(2)48-23-13-12-22-47(48)53-52(54)50(51-40-17-7-6-16-35(40)28-33-49(51)55-53)37-26-24-36(25-27-37)39-30-32-46(44-21-11-9-19-42(39)44)45-31-29-38(34-14-4-3-5-15-34)41-18-8-10-20-43(41)45/h3-33H,1-2H3. The maximum Gasteiger partial charge on any atom is 0.0759 e. The van der Waals surface area contributed by atoms with Crippen molar-refractivity contribution in [2.75, 3.05) is 0 Å². The first kappa shape index (κ1) is 31.7. The zero-order valence-electron chi connectivity index (χ0n) is 30.8. The summed E-state index contributed by atoms with van der Waals surface area (Å²) in [6.45, 7) is 4.72. The molecule has 0 amide bonds. The predicted octanol–water partition coefficient (Wildman–Crippen LogP) is 14.7. The molecule has 1 heteroatoms. The summed E-state index contributed by atoms with van der Waals surface area (Å²) >= 11 is 0. The quantitative estimate of drug-likeness (QED) is 0.167. The Morgan fingerprint density at radius 2 is 0.855 bits per heavy atom. The third-order valence-corrected chi connectivity index (χ3v) is 12.1. The van der Waals surface area contributed by atoms with Crippen molar-refractivity contribution in [3.63, 3.8) is 0 Å². The van der Waals surface area contributed by atoms with Gasteiger partial charge in [0.1, 0.15) is 0 Å². The second-order valence-corrected chi connectivity index (χ2v) is 15.4. The number of hydrogen-bond acceptors (Lipinski definition) is 1. The van der Waals surface area contributed by atoms with Gasteiger partial charge in [-0.3, -0.25) is 0 Å². The average molecular weight is 700 g/mol. The van der Waals surface area contributed by atoms with Crippen LogP contribution in [0.1, 0.15) is 25.0 Å². The zero-order valence-corrected chi connectivity index (χ0v) is 30.8. The lowest BCUT2D eigenvalue weighted by atomic mass is 9.78. The van der Waals surface area contributed by atoms with Gasteiger partial charge in [0, 0.05) is 16.4 Å². The van der Waals surface area contributed by atoms with E-state index in [0.29, 0.717) is 0 Å². The van der Waals surface area contributed by atoms with E-state index in [4.69, 9.17) is 4.98 Å². The van der Waals surface area contributed by atoms with E-state index in [0.717, 1.165) is 11.2 Å². The molecule has 10 aromatic rings. The van der Waals surface area contributed by atoms with E-state index in [9.17, 15) is 0 Å². The van der Waals surface area contributed by atoms with Crippen LogP contribution in [0.4, 0.5) is 0 Å². The molecule has 1 nitrogen and oxygen atoms in total. The Labute approximate surface area is 321 Å². The highest BCUT2D eigenvalue weighted by atomic mass is 14.7. The first-order valence-corrected chi connectivity index (χ1v) is 19.2. The molecular formula is C54H37N. The number of aromatic nitrogens is 1. The number of hydrogen-bond donors (Lipinski definition) is 0. The largest absolute Gasteiger partial charge is 0.247 e. The molecule has 9 aromatic carbocycles. The van der Waals surface area contributed by atoms with Crippen LogP contribution in [0.25, 0.3) is 99.0 Å². The molecule has 0 fully saturated rings. The summed E-state index contributed by atoms with van der Waals surface area (Å²) in [6.07, 6.45) is 0. The van der Waals surface area contributed by atoms with E-state index in [2.05, 4.69) is 202 Å². The van der Waals surface area contributed by atoms with Gasteiger partial charge in [-0.1, -0.05) is 196 Å². The van der Waals surface area contributed by atoms with E-state index < -0.39 is 0 Å². The Balaban J connectivity index is 1.08. The molecule has 0 unspecified atom stereocenters. The van der Waals surface area contributed by atoms with Gasteiger partial charge in [-0.25, -0.2) is 4.98 Å². The van der Waals surface area contributed by atoms with E-state index in [1.54, 1.807) is 0 Å². The summed E-state index contributed by atoms with van der Waals surface area (Å²) in [5, 5.41) is 8.74. The van der Waals surface area contributed by atoms with Gasteiger partial charge in [-0.2, -0.15) is 0 Å². The topological polar surface area (TPSA) is 12.9 Å². The first-order valence-electron chi connectivity index (χ1n) is 19.2. The molecule has 1 aliphatic rings. The maximum absolute atomic E-state index is 5.40. The van der Waals surface area contributed by atoms with Crippen LogP contribution in [-0.2, 0) is 5.41 Å². The summed E-state index contributed by atoms with van der Waals surface area (Å²) in [7, 11) is 0. The van der Waals surface area contributed by atoms with Gasteiger partial charge in [0.05, 0.1) is 11.2 Å². The van der Waals surface area contributed by atoms with E-state index >= 15 is 0 Å². The third kappa shape index (κ3) is 4.76. The molecule has 0 saturated heterocycles. The van der Waals surface area contributed by atoms with Gasteiger partial charge in [0.25, 0.3) is 0 Å². The van der Waals surface area contributed by atoms with Crippen molar-refractivity contribution in [1.82, 2.24) is 4.98 Å². The SMILES string of the molecule is CC1(C)c2ccccc2-c2nc3ccc4ccccc4c3c(-c3ccc(-c4ccc(-c5ccc(-c6ccccc6)c6ccccc56)c5ccccc45)cc3)c21. The Morgan fingerprint density at radius 3 is 1.51 bits per heavy atom. The minimum Gasteiger partial charge on any atom is -0.247 e. The lowest BCUT2D eigenvalue weighted by Crippen LogP contribution is -2.16. The first-order chi connectivity index (χ1) is 27.1. The van der Waals surface area contributed by atoms with Crippen molar-refractivity contribution >= 4 is 43.2 Å². The molecule has 0 atom stereocenters. The molecule has 0 aliphatic heterocycles. The minimum absolute atomic E-state index is 0.201. The fraction of sp³-hybridized carbons (Fsp3) is 0.0556. The van der Waals surface area contributed by atoms with Crippen molar-refractivity contribution in [3.8, 4) is 55.8 Å². The highest BCUT2D eigenvalue weighted by molar-refractivity contribution is 6.16. The Bertz CT molecular complexity index is 3150. The lowest BCUT2D eigenvalue weighted by molar-refractivity contribution is 0.662. The van der Waals surface area contributed by atoms with Crippen LogP contribution < -0.4 is 0 Å². The van der Waals surface area contributed by atoms with Gasteiger partial charge < -0.3 is 0 Å². The highest BCUT2D eigenvalue weighted by Crippen LogP contribution is 2.54. The highest BCUT2D eigenvalue weighted by Gasteiger charge is 2.39. The number of benzene rings is 9. The van der Waals surface area contributed by atoms with Gasteiger partial charge in [-0.15, -0.1) is 0 Å². The molecule has 11 rings (SSSR count). The molecule has 0 spiro atoms. The second kappa shape index (κ2) is 12.1. The molecule has 0 N–H and O–H groups in total. The maximum atomic E-state index is 5.40. The monoisotopic (exact) mass is 699 g/mol. The summed E-state index contributed by atoms with van der Waals surface area (Å²) in [5.74, 6) is 0. The molecule has 0 bridgehead atoms. The Kier molecular flexibility index (Phi) is 6.97. The number of nitrogens with zero attached hydrogens (tertiary/aromatic N) is 1. The molecule has 0 saturated carbocycles. The van der Waals surface area contributed by atoms with Crippen LogP contribution in [0.5, 0.6) is 0 Å².